The molecule has 0 unspecified atom stereocenters. The van der Waals surface area contributed by atoms with E-state index in [1.54, 1.807) is 6.08 Å². The Balaban J connectivity index is 2.40. The number of rotatable bonds is 14. The number of nitrogens with one attached hydrogen (secondary N) is 1. The summed E-state index contributed by atoms with van der Waals surface area (Å²) in [6.45, 7) is 2.34. The second-order valence-corrected chi connectivity index (χ2v) is 7.54. The zero-order chi connectivity index (χ0) is 20.8. The van der Waals surface area contributed by atoms with Crippen LogP contribution in [-0.2, 0) is 9.59 Å². The summed E-state index contributed by atoms with van der Waals surface area (Å²) < 4.78 is 0. The molecule has 0 saturated heterocycles. The van der Waals surface area contributed by atoms with Crippen molar-refractivity contribution >= 4 is 11.7 Å². The van der Waals surface area contributed by atoms with Gasteiger partial charge in [-0.2, -0.15) is 0 Å². The first-order valence-corrected chi connectivity index (χ1v) is 10.6. The number of aliphatic hydroxyl groups excluding tert-OH is 3. The zero-order valence-corrected chi connectivity index (χ0v) is 17.1. The van der Waals surface area contributed by atoms with Gasteiger partial charge in [-0.15, -0.1) is 0 Å². The van der Waals surface area contributed by atoms with Crippen molar-refractivity contribution in [2.24, 2.45) is 11.8 Å². The molecule has 1 fully saturated rings. The molecule has 0 heterocycles. The van der Waals surface area contributed by atoms with Gasteiger partial charge in [0.25, 0.3) is 0 Å². The normalized spacial score (nSPS) is 23.7. The predicted octanol–water partition coefficient (Wildman–Crippen LogP) is 2.28. The van der Waals surface area contributed by atoms with Gasteiger partial charge in [0.2, 0.25) is 5.91 Å². The number of hydrogen-bond acceptors (Lipinski definition) is 5. The Morgan fingerprint density at radius 3 is 2.79 bits per heavy atom. The molecule has 1 amide bonds. The van der Waals surface area contributed by atoms with E-state index in [0.29, 0.717) is 25.7 Å². The molecule has 0 aromatic carbocycles. The Morgan fingerprint density at radius 2 is 2.07 bits per heavy atom. The lowest BCUT2D eigenvalue weighted by Crippen LogP contribution is -2.25. The number of ketones is 1. The molecular formula is C22H37NO5. The third-order valence-electron chi connectivity index (χ3n) is 5.16. The predicted molar refractivity (Wildman–Crippen MR) is 110 cm³/mol. The summed E-state index contributed by atoms with van der Waals surface area (Å²) in [6.07, 6.45) is 12.7. The van der Waals surface area contributed by atoms with Crippen molar-refractivity contribution in [3.8, 4) is 0 Å². The molecule has 0 aromatic heterocycles. The number of hydrogen-bond donors (Lipinski definition) is 4. The van der Waals surface area contributed by atoms with Crippen LogP contribution < -0.4 is 5.32 Å². The van der Waals surface area contributed by atoms with Crippen LogP contribution in [0.4, 0.5) is 0 Å². The van der Waals surface area contributed by atoms with Crippen LogP contribution in [0.3, 0.4) is 0 Å². The number of allylic oxidation sites excluding steroid dienone is 2. The molecule has 6 heteroatoms. The van der Waals surface area contributed by atoms with Crippen molar-refractivity contribution in [2.45, 2.75) is 76.9 Å². The fraction of sp³-hybridized carbons (Fsp3) is 0.727. The standard InChI is InChI=1S/C22H37NO5/c1-2-3-6-9-17(25)12-13-19-18(20(26)16-21(19)27)10-7-4-5-8-11-22(28)23-14-15-24/h4,7,12-13,17-19,21,24-25,27H,2-3,5-6,8-11,14-16H2,1H3,(H,23,28)/b7-4-,13-12+/t17-,18+,19+,21-/m0/s1. The summed E-state index contributed by atoms with van der Waals surface area (Å²) in [5, 5.41) is 31.5. The summed E-state index contributed by atoms with van der Waals surface area (Å²) in [7, 11) is 0. The molecule has 1 aliphatic rings. The molecule has 1 aliphatic carbocycles. The molecule has 6 nitrogen and oxygen atoms in total. The Morgan fingerprint density at radius 1 is 1.29 bits per heavy atom. The topological polar surface area (TPSA) is 107 Å². The molecule has 28 heavy (non-hydrogen) atoms. The average Bonchev–Trinajstić information content (AvgIpc) is 2.94. The fourth-order valence-electron chi connectivity index (χ4n) is 3.51. The van der Waals surface area contributed by atoms with E-state index in [4.69, 9.17) is 5.11 Å². The van der Waals surface area contributed by atoms with E-state index in [1.807, 2.05) is 18.2 Å². The molecule has 0 aromatic rings. The molecule has 4 atom stereocenters. The summed E-state index contributed by atoms with van der Waals surface area (Å²) in [5.74, 6) is -0.504. The molecule has 1 saturated carbocycles. The summed E-state index contributed by atoms with van der Waals surface area (Å²) in [6, 6.07) is 0. The highest BCUT2D eigenvalue weighted by Crippen LogP contribution is 2.33. The van der Waals surface area contributed by atoms with Gasteiger partial charge in [0.15, 0.2) is 0 Å². The molecule has 0 aliphatic heterocycles. The van der Waals surface area contributed by atoms with Crippen molar-refractivity contribution in [1.82, 2.24) is 5.32 Å². The van der Waals surface area contributed by atoms with Crippen LogP contribution in [0.2, 0.25) is 0 Å². The molecule has 0 spiro atoms. The van der Waals surface area contributed by atoms with E-state index < -0.39 is 12.2 Å². The molecule has 160 valence electrons. The van der Waals surface area contributed by atoms with E-state index >= 15 is 0 Å². The van der Waals surface area contributed by atoms with Crippen molar-refractivity contribution in [2.75, 3.05) is 13.2 Å². The lowest BCUT2D eigenvalue weighted by atomic mass is 9.90. The minimum atomic E-state index is -0.680. The van der Waals surface area contributed by atoms with Gasteiger partial charge in [-0.3, -0.25) is 9.59 Å². The average molecular weight is 396 g/mol. The van der Waals surface area contributed by atoms with E-state index in [-0.39, 0.29) is 43.1 Å². The number of aliphatic hydroxyl groups is 3. The van der Waals surface area contributed by atoms with Crippen LogP contribution >= 0.6 is 0 Å². The first kappa shape index (κ1) is 24.5. The SMILES string of the molecule is CCCCC[C@H](O)/C=C/[C@H]1[C@@H](O)CC(=O)[C@@H]1C/C=C\CCCC(=O)NCCO. The summed E-state index contributed by atoms with van der Waals surface area (Å²) >= 11 is 0. The smallest absolute Gasteiger partial charge is 0.220 e. The highest BCUT2D eigenvalue weighted by Gasteiger charge is 2.39. The van der Waals surface area contributed by atoms with Gasteiger partial charge >= 0.3 is 0 Å². The van der Waals surface area contributed by atoms with E-state index in [9.17, 15) is 19.8 Å². The Hall–Kier alpha value is -1.50. The van der Waals surface area contributed by atoms with Crippen molar-refractivity contribution < 1.29 is 24.9 Å². The summed E-state index contributed by atoms with van der Waals surface area (Å²) in [5.41, 5.74) is 0. The molecule has 0 radical (unpaired) electrons. The molecule has 1 rings (SSSR count). The van der Waals surface area contributed by atoms with Crippen LogP contribution in [0, 0.1) is 11.8 Å². The highest BCUT2D eigenvalue weighted by molar-refractivity contribution is 5.84. The molecule has 0 bridgehead atoms. The van der Waals surface area contributed by atoms with E-state index in [2.05, 4.69) is 12.2 Å². The minimum Gasteiger partial charge on any atom is -0.395 e. The van der Waals surface area contributed by atoms with Crippen LogP contribution in [0.25, 0.3) is 0 Å². The molecule has 4 N–H and O–H groups in total. The maximum absolute atomic E-state index is 12.2. The lowest BCUT2D eigenvalue weighted by Gasteiger charge is -2.16. The lowest BCUT2D eigenvalue weighted by molar-refractivity contribution is -0.122. The largest absolute Gasteiger partial charge is 0.395 e. The van der Waals surface area contributed by atoms with Crippen LogP contribution in [-0.4, -0.2) is 52.4 Å². The van der Waals surface area contributed by atoms with Gasteiger partial charge in [-0.25, -0.2) is 0 Å². The van der Waals surface area contributed by atoms with Crippen molar-refractivity contribution in [1.29, 1.82) is 0 Å². The van der Waals surface area contributed by atoms with Crippen molar-refractivity contribution in [3.63, 3.8) is 0 Å². The maximum Gasteiger partial charge on any atom is 0.220 e. The van der Waals surface area contributed by atoms with Crippen LogP contribution in [0.5, 0.6) is 0 Å². The number of carbonyl (C=O) groups excluding carboxylic acids is 2. The Labute approximate surface area is 168 Å². The van der Waals surface area contributed by atoms with Crippen LogP contribution in [0.1, 0.15) is 64.7 Å². The quantitative estimate of drug-likeness (QED) is 0.267. The van der Waals surface area contributed by atoms with Gasteiger partial charge in [0.1, 0.15) is 5.78 Å². The first-order valence-electron chi connectivity index (χ1n) is 10.6. The van der Waals surface area contributed by atoms with Gasteiger partial charge in [-0.05, 0) is 25.7 Å². The van der Waals surface area contributed by atoms with E-state index in [1.165, 1.54) is 0 Å². The third-order valence-corrected chi connectivity index (χ3v) is 5.16. The summed E-state index contributed by atoms with van der Waals surface area (Å²) in [4.78, 5) is 23.6. The number of unbranched alkanes of at least 4 members (excludes halogenated alkanes) is 3. The zero-order valence-electron chi connectivity index (χ0n) is 17.1. The Kier molecular flexibility index (Phi) is 12.7. The second-order valence-electron chi connectivity index (χ2n) is 7.54. The maximum atomic E-state index is 12.2. The van der Waals surface area contributed by atoms with Gasteiger partial charge in [0, 0.05) is 31.2 Å². The van der Waals surface area contributed by atoms with Gasteiger partial charge in [-0.1, -0.05) is 50.5 Å². The number of Topliss-reactive ketones (excluding diaryl/α,β-unsaturated/α-hetero) is 1. The first-order chi connectivity index (χ1) is 13.5. The van der Waals surface area contributed by atoms with Crippen LogP contribution in [0.15, 0.2) is 24.3 Å². The number of carbonyl (C=O) groups is 2. The highest BCUT2D eigenvalue weighted by atomic mass is 16.3. The molecular weight excluding hydrogens is 358 g/mol. The third kappa shape index (κ3) is 9.62. The fourth-order valence-corrected chi connectivity index (χ4v) is 3.51. The Bertz CT molecular complexity index is 517. The van der Waals surface area contributed by atoms with Gasteiger partial charge < -0.3 is 20.6 Å². The minimum absolute atomic E-state index is 0.0573. The number of amides is 1. The monoisotopic (exact) mass is 395 g/mol. The van der Waals surface area contributed by atoms with E-state index in [0.717, 1.165) is 25.7 Å². The second kappa shape index (κ2) is 14.5. The van der Waals surface area contributed by atoms with Gasteiger partial charge in [0.05, 0.1) is 18.8 Å². The van der Waals surface area contributed by atoms with Crippen molar-refractivity contribution in [3.05, 3.63) is 24.3 Å².